The summed E-state index contributed by atoms with van der Waals surface area (Å²) in [5.41, 5.74) is -0.231. The van der Waals surface area contributed by atoms with Crippen LogP contribution in [0.1, 0.15) is 28.0 Å². The summed E-state index contributed by atoms with van der Waals surface area (Å²) in [4.78, 5) is 43.1. The third-order valence-corrected chi connectivity index (χ3v) is 6.92. The van der Waals surface area contributed by atoms with Gasteiger partial charge in [-0.3, -0.25) is 14.0 Å². The summed E-state index contributed by atoms with van der Waals surface area (Å²) in [6.45, 7) is 0.430. The molecule has 0 saturated heterocycles. The van der Waals surface area contributed by atoms with Crippen molar-refractivity contribution in [1.82, 2.24) is 30.0 Å². The zero-order valence-electron chi connectivity index (χ0n) is 22.3. The minimum atomic E-state index is -4.87. The molecule has 1 aromatic carbocycles. The van der Waals surface area contributed by atoms with Crippen molar-refractivity contribution in [3.63, 3.8) is 0 Å². The van der Waals surface area contributed by atoms with Gasteiger partial charge in [0, 0.05) is 38.2 Å². The zero-order chi connectivity index (χ0) is 31.4. The van der Waals surface area contributed by atoms with Crippen molar-refractivity contribution in [3.05, 3.63) is 70.8 Å². The predicted molar refractivity (Wildman–Crippen MR) is 151 cm³/mol. The molecule has 0 bridgehead atoms. The average Bonchev–Trinajstić information content (AvgIpc) is 3.41. The fraction of sp³-hybridized carbons (Fsp3) is 0.240. The Kier molecular flexibility index (Phi) is 9.67. The average molecular weight is 641 g/mol. The standard InChI is InChI=1S/C25H25ClF3N8O5P/c1-30-23(39)21-20(6-5-18(33-21)15-10-32-37(12-15)7-2-8-38)34-22-16(25(27,28)29)11-31-24(36-22)35-19-4-3-14(9-17(19)26)13-43(40,41)42/h3-6,9-12,38H,2,7-8,13H2,1H3,(H,30,39)(H2,40,41,42)(H2,31,34,35,36). The van der Waals surface area contributed by atoms with E-state index in [0.717, 1.165) is 0 Å². The van der Waals surface area contributed by atoms with Crippen LogP contribution in [0.5, 0.6) is 0 Å². The van der Waals surface area contributed by atoms with Crippen LogP contribution < -0.4 is 16.0 Å². The topological polar surface area (TPSA) is 187 Å². The Hall–Kier alpha value is -4.08. The van der Waals surface area contributed by atoms with Crippen molar-refractivity contribution in [2.75, 3.05) is 24.3 Å². The molecule has 4 rings (SSSR count). The third kappa shape index (κ3) is 8.27. The number of aliphatic hydroxyl groups is 1. The number of hydrogen-bond acceptors (Lipinski definition) is 9. The lowest BCUT2D eigenvalue weighted by Gasteiger charge is -2.17. The van der Waals surface area contributed by atoms with Crippen LogP contribution in [0.3, 0.4) is 0 Å². The van der Waals surface area contributed by atoms with Gasteiger partial charge in [-0.05, 0) is 36.2 Å². The molecule has 0 atom stereocenters. The van der Waals surface area contributed by atoms with E-state index in [9.17, 15) is 32.3 Å². The molecule has 228 valence electrons. The van der Waals surface area contributed by atoms with Crippen LogP contribution in [0.4, 0.5) is 36.3 Å². The predicted octanol–water partition coefficient (Wildman–Crippen LogP) is 4.31. The van der Waals surface area contributed by atoms with Gasteiger partial charge in [0.15, 0.2) is 5.69 Å². The molecule has 0 unspecified atom stereocenters. The Labute approximate surface area is 247 Å². The number of halogens is 4. The summed E-state index contributed by atoms with van der Waals surface area (Å²) in [6.07, 6.45) is -1.22. The summed E-state index contributed by atoms with van der Waals surface area (Å²) in [5.74, 6) is -1.66. The maximum atomic E-state index is 13.9. The lowest BCUT2D eigenvalue weighted by molar-refractivity contribution is -0.137. The Morgan fingerprint density at radius 1 is 1.09 bits per heavy atom. The number of carbonyl (C=O) groups is 1. The summed E-state index contributed by atoms with van der Waals surface area (Å²) in [6, 6.07) is 6.93. The second-order valence-electron chi connectivity index (χ2n) is 9.08. The van der Waals surface area contributed by atoms with Gasteiger partial charge in [-0.2, -0.15) is 23.3 Å². The molecular weight excluding hydrogens is 616 g/mol. The van der Waals surface area contributed by atoms with E-state index in [-0.39, 0.29) is 40.2 Å². The first-order valence-electron chi connectivity index (χ1n) is 12.5. The maximum Gasteiger partial charge on any atom is 0.421 e. The lowest BCUT2D eigenvalue weighted by atomic mass is 10.1. The molecule has 13 nitrogen and oxygen atoms in total. The number of amides is 1. The van der Waals surface area contributed by atoms with Crippen molar-refractivity contribution in [2.24, 2.45) is 0 Å². The molecule has 3 heterocycles. The highest BCUT2D eigenvalue weighted by Gasteiger charge is 2.36. The largest absolute Gasteiger partial charge is 0.421 e. The minimum absolute atomic E-state index is 0.0188. The number of aromatic nitrogens is 5. The van der Waals surface area contributed by atoms with Crippen molar-refractivity contribution in [3.8, 4) is 11.3 Å². The van der Waals surface area contributed by atoms with Gasteiger partial charge in [-0.15, -0.1) is 0 Å². The van der Waals surface area contributed by atoms with E-state index in [1.807, 2.05) is 0 Å². The molecule has 43 heavy (non-hydrogen) atoms. The van der Waals surface area contributed by atoms with Gasteiger partial charge < -0.3 is 30.8 Å². The first kappa shape index (κ1) is 31.8. The van der Waals surface area contributed by atoms with E-state index < -0.39 is 37.2 Å². The van der Waals surface area contributed by atoms with E-state index in [1.165, 1.54) is 43.6 Å². The number of nitrogens with one attached hydrogen (secondary N) is 3. The van der Waals surface area contributed by atoms with Gasteiger partial charge in [0.25, 0.3) is 5.91 Å². The lowest BCUT2D eigenvalue weighted by Crippen LogP contribution is -2.21. The Bertz CT molecular complexity index is 1680. The molecule has 6 N–H and O–H groups in total. The molecule has 0 saturated carbocycles. The fourth-order valence-electron chi connectivity index (χ4n) is 3.85. The minimum Gasteiger partial charge on any atom is -0.396 e. The van der Waals surface area contributed by atoms with Crippen LogP contribution in [0.2, 0.25) is 5.02 Å². The number of benzene rings is 1. The smallest absolute Gasteiger partial charge is 0.396 e. The van der Waals surface area contributed by atoms with E-state index >= 15 is 0 Å². The van der Waals surface area contributed by atoms with Gasteiger partial charge in [-0.25, -0.2) is 9.97 Å². The molecule has 0 aliphatic rings. The van der Waals surface area contributed by atoms with E-state index in [4.69, 9.17) is 16.7 Å². The summed E-state index contributed by atoms with van der Waals surface area (Å²) in [7, 11) is -3.01. The maximum absolute atomic E-state index is 13.9. The molecule has 0 spiro atoms. The number of hydrogen-bond donors (Lipinski definition) is 6. The first-order valence-corrected chi connectivity index (χ1v) is 14.6. The van der Waals surface area contributed by atoms with E-state index in [0.29, 0.717) is 30.4 Å². The number of carbonyl (C=O) groups excluding carboxylic acids is 1. The molecule has 0 aliphatic heterocycles. The highest BCUT2D eigenvalue weighted by molar-refractivity contribution is 7.50. The van der Waals surface area contributed by atoms with Gasteiger partial charge in [-0.1, -0.05) is 17.7 Å². The highest BCUT2D eigenvalue weighted by Crippen LogP contribution is 2.41. The van der Waals surface area contributed by atoms with Crippen LogP contribution in [-0.2, 0) is 23.4 Å². The summed E-state index contributed by atoms with van der Waals surface area (Å²) in [5, 5.41) is 20.9. The molecule has 0 aliphatic carbocycles. The van der Waals surface area contributed by atoms with Gasteiger partial charge in [0.1, 0.15) is 11.4 Å². The van der Waals surface area contributed by atoms with Crippen molar-refractivity contribution < 1.29 is 37.4 Å². The molecule has 0 radical (unpaired) electrons. The number of alkyl halides is 3. The van der Waals surface area contributed by atoms with E-state index in [1.54, 1.807) is 10.9 Å². The first-order chi connectivity index (χ1) is 20.3. The number of aryl methyl sites for hydroxylation is 1. The molecule has 4 aromatic rings. The number of nitrogens with zero attached hydrogens (tertiary/aromatic N) is 5. The van der Waals surface area contributed by atoms with Crippen LogP contribution >= 0.6 is 19.2 Å². The Morgan fingerprint density at radius 2 is 1.84 bits per heavy atom. The monoisotopic (exact) mass is 640 g/mol. The quantitative estimate of drug-likeness (QED) is 0.128. The second-order valence-corrected chi connectivity index (χ2v) is 11.1. The van der Waals surface area contributed by atoms with Crippen molar-refractivity contribution >= 4 is 48.2 Å². The van der Waals surface area contributed by atoms with Crippen LogP contribution in [0.15, 0.2) is 48.9 Å². The van der Waals surface area contributed by atoms with Gasteiger partial charge in [0.2, 0.25) is 5.95 Å². The zero-order valence-corrected chi connectivity index (χ0v) is 24.0. The number of anilines is 4. The molecule has 3 aromatic heterocycles. The van der Waals surface area contributed by atoms with Gasteiger partial charge in [0.05, 0.1) is 34.5 Å². The highest BCUT2D eigenvalue weighted by atomic mass is 35.5. The second kappa shape index (κ2) is 13.1. The summed E-state index contributed by atoms with van der Waals surface area (Å²) < 4.78 is 54.6. The van der Waals surface area contributed by atoms with Gasteiger partial charge >= 0.3 is 13.8 Å². The number of aliphatic hydroxyl groups excluding tert-OH is 1. The molecule has 0 fully saturated rings. The normalized spacial score (nSPS) is 11.8. The van der Waals surface area contributed by atoms with E-state index in [2.05, 4.69) is 36.0 Å². The summed E-state index contributed by atoms with van der Waals surface area (Å²) >= 11 is 6.21. The molecular formula is C25H25ClF3N8O5P. The number of pyridine rings is 1. The van der Waals surface area contributed by atoms with Crippen LogP contribution in [0.25, 0.3) is 11.3 Å². The SMILES string of the molecule is CNC(=O)c1nc(-c2cnn(CCCO)c2)ccc1Nc1nc(Nc2ccc(CP(=O)(O)O)cc2Cl)ncc1C(F)(F)F. The molecule has 18 heteroatoms. The third-order valence-electron chi connectivity index (χ3n) is 5.83. The van der Waals surface area contributed by atoms with Crippen LogP contribution in [0, 0.1) is 0 Å². The van der Waals surface area contributed by atoms with Crippen molar-refractivity contribution in [1.29, 1.82) is 0 Å². The number of rotatable bonds is 11. The van der Waals surface area contributed by atoms with Crippen molar-refractivity contribution in [2.45, 2.75) is 25.3 Å². The fourth-order valence-corrected chi connectivity index (χ4v) is 4.77. The van der Waals surface area contributed by atoms with Crippen LogP contribution in [-0.4, -0.2) is 59.2 Å². The Balaban J connectivity index is 1.68. The molecule has 1 amide bonds. The Morgan fingerprint density at radius 3 is 2.49 bits per heavy atom.